The van der Waals surface area contributed by atoms with Crippen molar-refractivity contribution in [2.24, 2.45) is 5.73 Å². The van der Waals surface area contributed by atoms with Gasteiger partial charge in [-0.3, -0.25) is 4.79 Å². The number of carbonyl (C=O) groups is 1. The summed E-state index contributed by atoms with van der Waals surface area (Å²) in [6, 6.07) is 13.9. The maximum atomic E-state index is 12.0. The smallest absolute Gasteiger partial charge is 0.255 e. The molecule has 0 saturated heterocycles. The third-order valence-corrected chi connectivity index (χ3v) is 2.82. The lowest BCUT2D eigenvalue weighted by molar-refractivity contribution is 0.102. The molecule has 2 aromatic carbocycles. The van der Waals surface area contributed by atoms with Gasteiger partial charge in [0.05, 0.1) is 0 Å². The van der Waals surface area contributed by atoms with E-state index < -0.39 is 0 Å². The van der Waals surface area contributed by atoms with Crippen molar-refractivity contribution < 1.29 is 9.53 Å². The van der Waals surface area contributed by atoms with Crippen LogP contribution in [0.4, 0.5) is 5.69 Å². The number of carbonyl (C=O) groups excluding carboxylic acids is 1. The average molecular weight is 291 g/mol. The van der Waals surface area contributed by atoms with Crippen molar-refractivity contribution in [1.29, 1.82) is 0 Å². The maximum Gasteiger partial charge on any atom is 0.255 e. The van der Waals surface area contributed by atoms with Crippen LogP contribution in [0.3, 0.4) is 0 Å². The zero-order chi connectivity index (χ0) is 14.4. The summed E-state index contributed by atoms with van der Waals surface area (Å²) in [6.45, 7) is 0.932. The highest BCUT2D eigenvalue weighted by Gasteiger charge is 2.06. The quantitative estimate of drug-likeness (QED) is 0.890. The summed E-state index contributed by atoms with van der Waals surface area (Å²) < 4.78 is 5.36. The van der Waals surface area contributed by atoms with Crippen molar-refractivity contribution in [2.75, 3.05) is 18.5 Å². The van der Waals surface area contributed by atoms with E-state index in [9.17, 15) is 4.79 Å². The van der Waals surface area contributed by atoms with Crippen LogP contribution in [0.25, 0.3) is 0 Å². The van der Waals surface area contributed by atoms with Gasteiger partial charge in [0.25, 0.3) is 5.91 Å². The predicted octanol–water partition coefficient (Wildman–Crippen LogP) is 2.93. The van der Waals surface area contributed by atoms with E-state index in [1.807, 2.05) is 0 Å². The summed E-state index contributed by atoms with van der Waals surface area (Å²) in [6.07, 6.45) is 0. The topological polar surface area (TPSA) is 64.3 Å². The average Bonchev–Trinajstić information content (AvgIpc) is 2.46. The zero-order valence-electron chi connectivity index (χ0n) is 10.8. The molecule has 2 aromatic rings. The SMILES string of the molecule is NCCOc1ccc(NC(=O)c2cccc(Cl)c2)cc1. The Bertz CT molecular complexity index is 585. The summed E-state index contributed by atoms with van der Waals surface area (Å²) in [5, 5.41) is 3.32. The van der Waals surface area contributed by atoms with Gasteiger partial charge in [-0.05, 0) is 42.5 Å². The Morgan fingerprint density at radius 2 is 1.95 bits per heavy atom. The minimum absolute atomic E-state index is 0.205. The van der Waals surface area contributed by atoms with Gasteiger partial charge in [0, 0.05) is 22.8 Å². The summed E-state index contributed by atoms with van der Waals surface area (Å²) in [4.78, 5) is 12.0. The van der Waals surface area contributed by atoms with Crippen LogP contribution in [-0.2, 0) is 0 Å². The van der Waals surface area contributed by atoms with Gasteiger partial charge in [-0.25, -0.2) is 0 Å². The van der Waals surface area contributed by atoms with Gasteiger partial charge >= 0.3 is 0 Å². The number of hydrogen-bond acceptors (Lipinski definition) is 3. The number of rotatable bonds is 5. The number of nitrogens with two attached hydrogens (primary N) is 1. The molecule has 0 fully saturated rings. The lowest BCUT2D eigenvalue weighted by atomic mass is 10.2. The van der Waals surface area contributed by atoms with Crippen LogP contribution in [0.15, 0.2) is 48.5 Å². The number of nitrogens with one attached hydrogen (secondary N) is 1. The molecule has 20 heavy (non-hydrogen) atoms. The van der Waals surface area contributed by atoms with E-state index in [1.54, 1.807) is 48.5 Å². The fourth-order valence-electron chi connectivity index (χ4n) is 1.64. The first-order valence-electron chi connectivity index (χ1n) is 6.19. The minimum Gasteiger partial charge on any atom is -0.492 e. The van der Waals surface area contributed by atoms with Gasteiger partial charge in [0.15, 0.2) is 0 Å². The van der Waals surface area contributed by atoms with Gasteiger partial charge in [-0.15, -0.1) is 0 Å². The molecule has 3 N–H and O–H groups in total. The molecule has 0 spiro atoms. The zero-order valence-corrected chi connectivity index (χ0v) is 11.6. The number of benzene rings is 2. The van der Waals surface area contributed by atoms with Gasteiger partial charge in [-0.2, -0.15) is 0 Å². The molecule has 2 rings (SSSR count). The Morgan fingerprint density at radius 3 is 2.60 bits per heavy atom. The van der Waals surface area contributed by atoms with Crippen LogP contribution in [-0.4, -0.2) is 19.1 Å². The molecule has 0 aromatic heterocycles. The fraction of sp³-hybridized carbons (Fsp3) is 0.133. The highest BCUT2D eigenvalue weighted by molar-refractivity contribution is 6.31. The van der Waals surface area contributed by atoms with E-state index in [1.165, 1.54) is 0 Å². The van der Waals surface area contributed by atoms with Crippen LogP contribution >= 0.6 is 11.6 Å². The van der Waals surface area contributed by atoms with Gasteiger partial charge in [0.1, 0.15) is 12.4 Å². The Kier molecular flexibility index (Phi) is 4.98. The molecule has 0 saturated carbocycles. The van der Waals surface area contributed by atoms with Crippen LogP contribution in [0.5, 0.6) is 5.75 Å². The maximum absolute atomic E-state index is 12.0. The van der Waals surface area contributed by atoms with Gasteiger partial charge in [0.2, 0.25) is 0 Å². The van der Waals surface area contributed by atoms with E-state index in [0.717, 1.165) is 5.75 Å². The number of hydrogen-bond donors (Lipinski definition) is 2. The molecule has 4 nitrogen and oxygen atoms in total. The van der Waals surface area contributed by atoms with Crippen molar-refractivity contribution >= 4 is 23.2 Å². The van der Waals surface area contributed by atoms with Crippen molar-refractivity contribution in [1.82, 2.24) is 0 Å². The lowest BCUT2D eigenvalue weighted by Crippen LogP contribution is -2.12. The van der Waals surface area contributed by atoms with Crippen molar-refractivity contribution in [3.8, 4) is 5.75 Å². The number of halogens is 1. The first kappa shape index (κ1) is 14.4. The summed E-state index contributed by atoms with van der Waals surface area (Å²) in [5.74, 6) is 0.513. The molecule has 5 heteroatoms. The molecular formula is C15H15ClN2O2. The molecule has 0 heterocycles. The second-order valence-corrected chi connectivity index (χ2v) is 4.56. The Morgan fingerprint density at radius 1 is 1.20 bits per heavy atom. The molecule has 0 atom stereocenters. The predicted molar refractivity (Wildman–Crippen MR) is 80.4 cm³/mol. The Hall–Kier alpha value is -2.04. The first-order valence-corrected chi connectivity index (χ1v) is 6.56. The molecule has 104 valence electrons. The first-order chi connectivity index (χ1) is 9.69. The Labute approximate surface area is 122 Å². The number of anilines is 1. The standard InChI is InChI=1S/C15H15ClN2O2/c16-12-3-1-2-11(10-12)15(19)18-13-4-6-14(7-5-13)20-9-8-17/h1-7,10H,8-9,17H2,(H,18,19). The number of amides is 1. The second kappa shape index (κ2) is 6.93. The van der Waals surface area contributed by atoms with Gasteiger partial charge < -0.3 is 15.8 Å². The molecule has 0 unspecified atom stereocenters. The van der Waals surface area contributed by atoms with Crippen LogP contribution < -0.4 is 15.8 Å². The van der Waals surface area contributed by atoms with Crippen molar-refractivity contribution in [3.05, 3.63) is 59.1 Å². The van der Waals surface area contributed by atoms with Crippen molar-refractivity contribution in [2.45, 2.75) is 0 Å². The van der Waals surface area contributed by atoms with E-state index in [-0.39, 0.29) is 5.91 Å². The van der Waals surface area contributed by atoms with E-state index >= 15 is 0 Å². The highest BCUT2D eigenvalue weighted by atomic mass is 35.5. The minimum atomic E-state index is -0.205. The lowest BCUT2D eigenvalue weighted by Gasteiger charge is -2.08. The fourth-order valence-corrected chi connectivity index (χ4v) is 1.83. The molecular weight excluding hydrogens is 276 g/mol. The monoisotopic (exact) mass is 290 g/mol. The van der Waals surface area contributed by atoms with Crippen LogP contribution in [0, 0.1) is 0 Å². The summed E-state index contributed by atoms with van der Waals surface area (Å²) in [7, 11) is 0. The molecule has 0 aliphatic carbocycles. The van der Waals surface area contributed by atoms with E-state index in [0.29, 0.717) is 29.4 Å². The Balaban J connectivity index is 2.01. The summed E-state index contributed by atoms with van der Waals surface area (Å²) in [5.41, 5.74) is 6.56. The van der Waals surface area contributed by atoms with Crippen LogP contribution in [0.2, 0.25) is 5.02 Å². The second-order valence-electron chi connectivity index (χ2n) is 4.13. The molecule has 0 aliphatic heterocycles. The molecule has 0 aliphatic rings. The van der Waals surface area contributed by atoms with Crippen LogP contribution in [0.1, 0.15) is 10.4 Å². The van der Waals surface area contributed by atoms with Crippen molar-refractivity contribution in [3.63, 3.8) is 0 Å². The van der Waals surface area contributed by atoms with E-state index in [2.05, 4.69) is 5.32 Å². The third-order valence-electron chi connectivity index (χ3n) is 2.59. The number of ether oxygens (including phenoxy) is 1. The normalized spacial score (nSPS) is 10.1. The molecule has 0 bridgehead atoms. The molecule has 1 amide bonds. The third kappa shape index (κ3) is 3.98. The largest absolute Gasteiger partial charge is 0.492 e. The van der Waals surface area contributed by atoms with Gasteiger partial charge in [-0.1, -0.05) is 17.7 Å². The molecule has 0 radical (unpaired) electrons. The highest BCUT2D eigenvalue weighted by Crippen LogP contribution is 2.17. The van der Waals surface area contributed by atoms with E-state index in [4.69, 9.17) is 22.1 Å². The summed E-state index contributed by atoms with van der Waals surface area (Å²) >= 11 is 5.85.